The molecule has 118 valence electrons. The van der Waals surface area contributed by atoms with Gasteiger partial charge < -0.3 is 14.8 Å². The monoisotopic (exact) mass is 329 g/mol. The first kappa shape index (κ1) is 15.2. The lowest BCUT2D eigenvalue weighted by atomic mass is 10.2. The van der Waals surface area contributed by atoms with Crippen molar-refractivity contribution in [3.63, 3.8) is 0 Å². The van der Waals surface area contributed by atoms with Crippen LogP contribution in [0.15, 0.2) is 36.1 Å². The van der Waals surface area contributed by atoms with Gasteiger partial charge >= 0.3 is 6.01 Å². The SMILES string of the molecule is COc1ncc(-c2nccnc2NCc2cccs2)c(OC)n1. The van der Waals surface area contributed by atoms with Crippen LogP contribution in [0.5, 0.6) is 11.9 Å². The summed E-state index contributed by atoms with van der Waals surface area (Å²) in [4.78, 5) is 18.3. The molecule has 0 bridgehead atoms. The maximum Gasteiger partial charge on any atom is 0.319 e. The molecule has 0 aliphatic rings. The smallest absolute Gasteiger partial charge is 0.319 e. The first-order valence-electron chi connectivity index (χ1n) is 6.84. The van der Waals surface area contributed by atoms with Crippen LogP contribution in [0.25, 0.3) is 11.3 Å². The van der Waals surface area contributed by atoms with Crippen molar-refractivity contribution in [2.24, 2.45) is 0 Å². The largest absolute Gasteiger partial charge is 0.480 e. The Morgan fingerprint density at radius 1 is 1.13 bits per heavy atom. The normalized spacial score (nSPS) is 10.3. The molecule has 0 aromatic carbocycles. The third kappa shape index (κ3) is 3.37. The van der Waals surface area contributed by atoms with E-state index in [4.69, 9.17) is 9.47 Å². The number of hydrogen-bond acceptors (Lipinski definition) is 8. The summed E-state index contributed by atoms with van der Waals surface area (Å²) in [7, 11) is 3.05. The average molecular weight is 329 g/mol. The summed E-state index contributed by atoms with van der Waals surface area (Å²) in [6.45, 7) is 0.669. The van der Waals surface area contributed by atoms with Gasteiger partial charge in [0.1, 0.15) is 5.69 Å². The molecule has 3 aromatic heterocycles. The summed E-state index contributed by atoms with van der Waals surface area (Å²) in [5.41, 5.74) is 1.28. The van der Waals surface area contributed by atoms with Gasteiger partial charge in [0.2, 0.25) is 5.88 Å². The van der Waals surface area contributed by atoms with Gasteiger partial charge in [-0.05, 0) is 11.4 Å². The van der Waals surface area contributed by atoms with Crippen molar-refractivity contribution in [3.05, 3.63) is 41.0 Å². The highest BCUT2D eigenvalue weighted by Gasteiger charge is 2.16. The molecule has 0 saturated heterocycles. The van der Waals surface area contributed by atoms with E-state index in [1.165, 1.54) is 12.0 Å². The summed E-state index contributed by atoms with van der Waals surface area (Å²) in [6.07, 6.45) is 4.87. The molecule has 0 radical (unpaired) electrons. The lowest BCUT2D eigenvalue weighted by Gasteiger charge is -2.11. The topological polar surface area (TPSA) is 82.1 Å². The molecule has 23 heavy (non-hydrogen) atoms. The second kappa shape index (κ2) is 7.01. The van der Waals surface area contributed by atoms with E-state index >= 15 is 0 Å². The highest BCUT2D eigenvalue weighted by Crippen LogP contribution is 2.31. The zero-order valence-corrected chi connectivity index (χ0v) is 13.5. The molecule has 0 aliphatic heterocycles. The number of nitrogens with zero attached hydrogens (tertiary/aromatic N) is 4. The number of thiophene rings is 1. The fourth-order valence-corrected chi connectivity index (χ4v) is 2.66. The fourth-order valence-electron chi connectivity index (χ4n) is 2.02. The van der Waals surface area contributed by atoms with Crippen LogP contribution in [0.2, 0.25) is 0 Å². The van der Waals surface area contributed by atoms with E-state index in [0.29, 0.717) is 29.5 Å². The van der Waals surface area contributed by atoms with Crippen molar-refractivity contribution in [2.75, 3.05) is 19.5 Å². The molecule has 0 aliphatic carbocycles. The maximum absolute atomic E-state index is 5.32. The maximum atomic E-state index is 5.32. The number of aromatic nitrogens is 4. The second-order valence-corrected chi connectivity index (χ2v) is 5.50. The van der Waals surface area contributed by atoms with E-state index < -0.39 is 0 Å². The Hall–Kier alpha value is -2.74. The Morgan fingerprint density at radius 2 is 2.00 bits per heavy atom. The summed E-state index contributed by atoms with van der Waals surface area (Å²) >= 11 is 1.68. The minimum atomic E-state index is 0.239. The molecule has 3 rings (SSSR count). The zero-order chi connectivity index (χ0) is 16.1. The number of anilines is 1. The minimum absolute atomic E-state index is 0.239. The average Bonchev–Trinajstić information content (AvgIpc) is 3.13. The first-order chi connectivity index (χ1) is 11.3. The van der Waals surface area contributed by atoms with Gasteiger partial charge in [0.15, 0.2) is 5.82 Å². The zero-order valence-electron chi connectivity index (χ0n) is 12.7. The summed E-state index contributed by atoms with van der Waals surface area (Å²) in [6, 6.07) is 4.31. The molecule has 1 N–H and O–H groups in total. The van der Waals surface area contributed by atoms with Gasteiger partial charge in [0.05, 0.1) is 26.3 Å². The van der Waals surface area contributed by atoms with Crippen LogP contribution in [-0.4, -0.2) is 34.2 Å². The van der Waals surface area contributed by atoms with Crippen molar-refractivity contribution in [3.8, 4) is 23.1 Å². The Balaban J connectivity index is 1.93. The molecule has 0 fully saturated rings. The van der Waals surface area contributed by atoms with Crippen molar-refractivity contribution in [2.45, 2.75) is 6.54 Å². The number of methoxy groups -OCH3 is 2. The van der Waals surface area contributed by atoms with E-state index in [2.05, 4.69) is 31.3 Å². The Kier molecular flexibility index (Phi) is 4.62. The first-order valence-corrected chi connectivity index (χ1v) is 7.72. The summed E-state index contributed by atoms with van der Waals surface area (Å²) < 4.78 is 10.3. The minimum Gasteiger partial charge on any atom is -0.480 e. The van der Waals surface area contributed by atoms with Gasteiger partial charge in [0.25, 0.3) is 0 Å². The lowest BCUT2D eigenvalue weighted by Crippen LogP contribution is -2.05. The predicted molar refractivity (Wildman–Crippen MR) is 87.8 cm³/mol. The fraction of sp³-hybridized carbons (Fsp3) is 0.200. The highest BCUT2D eigenvalue weighted by atomic mass is 32.1. The van der Waals surface area contributed by atoms with Crippen LogP contribution < -0.4 is 14.8 Å². The summed E-state index contributed by atoms with van der Waals surface area (Å²) in [5.74, 6) is 1.03. The van der Waals surface area contributed by atoms with Crippen LogP contribution in [-0.2, 0) is 6.54 Å². The Bertz CT molecular complexity index is 779. The molecule has 7 nitrogen and oxygen atoms in total. The van der Waals surface area contributed by atoms with Crippen molar-refractivity contribution >= 4 is 17.2 Å². The van der Waals surface area contributed by atoms with Crippen LogP contribution >= 0.6 is 11.3 Å². The number of hydrogen-bond donors (Lipinski definition) is 1. The Labute approximate surface area is 137 Å². The molecule has 3 aromatic rings. The van der Waals surface area contributed by atoms with Crippen LogP contribution in [0.4, 0.5) is 5.82 Å². The molecule has 0 unspecified atom stereocenters. The van der Waals surface area contributed by atoms with E-state index in [0.717, 1.165) is 0 Å². The molecule has 0 atom stereocenters. The molecule has 0 spiro atoms. The lowest BCUT2D eigenvalue weighted by molar-refractivity contribution is 0.353. The van der Waals surface area contributed by atoms with Gasteiger partial charge in [-0.15, -0.1) is 11.3 Å². The van der Waals surface area contributed by atoms with Crippen LogP contribution in [0.3, 0.4) is 0 Å². The van der Waals surface area contributed by atoms with Gasteiger partial charge in [0, 0.05) is 23.5 Å². The standard InChI is InChI=1S/C15H15N5O2S/c1-21-14-11(9-19-15(20-14)22-2)12-13(17-6-5-16-12)18-8-10-4-3-7-23-10/h3-7,9H,8H2,1-2H3,(H,17,18). The van der Waals surface area contributed by atoms with Gasteiger partial charge in [-0.25, -0.2) is 9.97 Å². The Morgan fingerprint density at radius 3 is 2.74 bits per heavy atom. The van der Waals surface area contributed by atoms with E-state index in [1.54, 1.807) is 37.0 Å². The quantitative estimate of drug-likeness (QED) is 0.744. The molecular formula is C15H15N5O2S. The van der Waals surface area contributed by atoms with E-state index in [9.17, 15) is 0 Å². The predicted octanol–water partition coefficient (Wildman–Crippen LogP) is 2.62. The van der Waals surface area contributed by atoms with Crippen molar-refractivity contribution in [1.82, 2.24) is 19.9 Å². The van der Waals surface area contributed by atoms with Crippen LogP contribution in [0.1, 0.15) is 4.88 Å². The van der Waals surface area contributed by atoms with Gasteiger partial charge in [-0.1, -0.05) is 6.07 Å². The second-order valence-electron chi connectivity index (χ2n) is 4.47. The molecule has 0 amide bonds. The van der Waals surface area contributed by atoms with E-state index in [1.807, 2.05) is 11.4 Å². The molecule has 3 heterocycles. The number of ether oxygens (including phenoxy) is 2. The van der Waals surface area contributed by atoms with E-state index in [-0.39, 0.29) is 6.01 Å². The van der Waals surface area contributed by atoms with Crippen molar-refractivity contribution in [1.29, 1.82) is 0 Å². The van der Waals surface area contributed by atoms with Gasteiger partial charge in [-0.3, -0.25) is 4.98 Å². The highest BCUT2D eigenvalue weighted by molar-refractivity contribution is 7.09. The van der Waals surface area contributed by atoms with Gasteiger partial charge in [-0.2, -0.15) is 4.98 Å². The van der Waals surface area contributed by atoms with Crippen LogP contribution in [0, 0.1) is 0 Å². The number of rotatable bonds is 6. The third-order valence-corrected chi connectivity index (χ3v) is 3.95. The third-order valence-electron chi connectivity index (χ3n) is 3.07. The molecular weight excluding hydrogens is 314 g/mol. The molecule has 0 saturated carbocycles. The molecule has 8 heteroatoms. The van der Waals surface area contributed by atoms with Crippen molar-refractivity contribution < 1.29 is 9.47 Å². The summed E-state index contributed by atoms with van der Waals surface area (Å²) in [5, 5.41) is 5.33. The number of nitrogens with one attached hydrogen (secondary N) is 1.